The molecule has 1 aromatic heterocycles. The first kappa shape index (κ1) is 29.8. The molecule has 0 atom stereocenters. The highest BCUT2D eigenvalue weighted by Gasteiger charge is 2.24. The molecule has 0 aliphatic heterocycles. The molecule has 0 aliphatic rings. The molecule has 8 nitrogen and oxygen atoms in total. The molecule has 14 heteroatoms. The molecule has 0 aliphatic carbocycles. The van der Waals surface area contributed by atoms with Crippen molar-refractivity contribution in [3.05, 3.63) is 82.1 Å². The van der Waals surface area contributed by atoms with E-state index in [-0.39, 0.29) is 11.3 Å². The first-order chi connectivity index (χ1) is 18.1. The largest absolute Gasteiger partial charge is 0.366 e. The number of aromatic nitrogens is 1. The quantitative estimate of drug-likeness (QED) is 0.236. The zero-order valence-electron chi connectivity index (χ0n) is 21.2. The van der Waals surface area contributed by atoms with Crippen molar-refractivity contribution in [3.63, 3.8) is 0 Å². The van der Waals surface area contributed by atoms with Crippen LogP contribution >= 0.6 is 10.0 Å². The Balaban J connectivity index is 2.00. The van der Waals surface area contributed by atoms with Crippen molar-refractivity contribution >= 4 is 43.3 Å². The molecule has 5 N–H and O–H groups in total. The maximum absolute atomic E-state index is 15.2. The zero-order valence-corrected chi connectivity index (χ0v) is 22.9. The molecule has 0 unspecified atom stereocenters. The highest BCUT2D eigenvalue weighted by molar-refractivity contribution is 8.36. The van der Waals surface area contributed by atoms with Crippen molar-refractivity contribution in [3.8, 4) is 11.2 Å². The van der Waals surface area contributed by atoms with E-state index in [9.17, 15) is 22.0 Å². The summed E-state index contributed by atoms with van der Waals surface area (Å²) in [5.74, 6) is -3.96. The van der Waals surface area contributed by atoms with Crippen molar-refractivity contribution in [2.75, 3.05) is 35.9 Å². The van der Waals surface area contributed by atoms with Gasteiger partial charge >= 0.3 is 0 Å². The van der Waals surface area contributed by atoms with E-state index in [4.69, 9.17) is 5.73 Å². The van der Waals surface area contributed by atoms with Crippen LogP contribution in [0.3, 0.4) is 0 Å². The van der Waals surface area contributed by atoms with Gasteiger partial charge in [-0.3, -0.25) is 9.52 Å². The summed E-state index contributed by atoms with van der Waals surface area (Å²) < 4.78 is 87.1. The van der Waals surface area contributed by atoms with Crippen LogP contribution in [0.25, 0.3) is 0 Å². The van der Waals surface area contributed by atoms with Gasteiger partial charge in [0.2, 0.25) is 0 Å². The molecule has 0 bridgehead atoms. The minimum atomic E-state index is -4.11. The molecular weight excluding hydrogens is 558 g/mol. The van der Waals surface area contributed by atoms with Crippen LogP contribution < -0.4 is 20.5 Å². The van der Waals surface area contributed by atoms with Gasteiger partial charge in [0.25, 0.3) is 16.1 Å². The summed E-state index contributed by atoms with van der Waals surface area (Å²) >= 11 is 0. The van der Waals surface area contributed by atoms with Gasteiger partial charge in [-0.15, -0.1) is 0 Å². The third-order valence-corrected chi connectivity index (χ3v) is 6.84. The van der Waals surface area contributed by atoms with Crippen molar-refractivity contribution in [1.82, 2.24) is 9.71 Å². The molecule has 1 amide bonds. The standard InChI is InChI=1S/C25H25F4N5O3S2/c1-31-39(36,37)34-25-21(28)15(7-9-32-25)12-16-13-17(24(30)35)23(22(29)20(16)27)33-19-6-5-14(11-18(19)26)8-10-38(2,3)4/h5-7,9,11,13,31,33H,12H2,1-4H3,(H2,30,35)(H,32,34). The Morgan fingerprint density at radius 2 is 1.69 bits per heavy atom. The third kappa shape index (κ3) is 7.41. The maximum atomic E-state index is 15.2. The van der Waals surface area contributed by atoms with Crippen LogP contribution in [0.4, 0.5) is 34.8 Å². The van der Waals surface area contributed by atoms with Crippen LogP contribution in [0.5, 0.6) is 0 Å². The lowest BCUT2D eigenvalue weighted by molar-refractivity contribution is 0.100. The zero-order chi connectivity index (χ0) is 29.1. The van der Waals surface area contributed by atoms with Crippen LogP contribution in [-0.2, 0) is 16.6 Å². The fourth-order valence-corrected chi connectivity index (χ4v) is 4.16. The Kier molecular flexibility index (Phi) is 8.79. The summed E-state index contributed by atoms with van der Waals surface area (Å²) in [7, 11) is -4.19. The van der Waals surface area contributed by atoms with Gasteiger partial charge in [0.05, 0.1) is 16.9 Å². The second kappa shape index (κ2) is 11.5. The number of halogens is 4. The lowest BCUT2D eigenvalue weighted by Crippen LogP contribution is -2.27. The lowest BCUT2D eigenvalue weighted by atomic mass is 10.00. The number of nitrogens with two attached hydrogens (primary N) is 1. The number of carbonyl (C=O) groups excluding carboxylic acids is 1. The maximum Gasteiger partial charge on any atom is 0.300 e. The molecule has 1 heterocycles. The molecule has 0 saturated heterocycles. The van der Waals surface area contributed by atoms with Crippen molar-refractivity contribution in [2.24, 2.45) is 5.73 Å². The molecule has 0 saturated carbocycles. The van der Waals surface area contributed by atoms with Gasteiger partial charge < -0.3 is 11.1 Å². The van der Waals surface area contributed by atoms with Gasteiger partial charge in [-0.25, -0.2) is 27.3 Å². The number of amides is 1. The number of hydrogen-bond acceptors (Lipinski definition) is 5. The predicted molar refractivity (Wildman–Crippen MR) is 145 cm³/mol. The second-order valence-corrected chi connectivity index (χ2v) is 14.5. The summed E-state index contributed by atoms with van der Waals surface area (Å²) in [5.41, 5.74) is 3.54. The van der Waals surface area contributed by atoms with Crippen molar-refractivity contribution in [1.29, 1.82) is 0 Å². The van der Waals surface area contributed by atoms with Crippen LogP contribution in [0.1, 0.15) is 27.0 Å². The number of hydrogen-bond donors (Lipinski definition) is 4. The predicted octanol–water partition coefficient (Wildman–Crippen LogP) is 3.95. The number of rotatable bonds is 8. The summed E-state index contributed by atoms with van der Waals surface area (Å²) in [6.07, 6.45) is 6.36. The fraction of sp³-hybridized carbons (Fsp3) is 0.200. The average Bonchev–Trinajstić information content (AvgIpc) is 2.85. The number of primary amides is 1. The van der Waals surface area contributed by atoms with Crippen LogP contribution in [0, 0.1) is 34.4 Å². The van der Waals surface area contributed by atoms with E-state index >= 15 is 8.78 Å². The minimum absolute atomic E-state index is 0.256. The normalized spacial score (nSPS) is 11.9. The number of nitrogens with zero attached hydrogens (tertiary/aromatic N) is 1. The number of carbonyl (C=O) groups is 1. The Hall–Kier alpha value is -3.80. The molecule has 3 aromatic rings. The Morgan fingerprint density at radius 3 is 2.28 bits per heavy atom. The van der Waals surface area contributed by atoms with E-state index in [0.717, 1.165) is 31.4 Å². The van der Waals surface area contributed by atoms with E-state index in [0.29, 0.717) is 5.56 Å². The molecule has 39 heavy (non-hydrogen) atoms. The van der Waals surface area contributed by atoms with Gasteiger partial charge in [0.15, 0.2) is 23.3 Å². The van der Waals surface area contributed by atoms with Crippen molar-refractivity contribution in [2.45, 2.75) is 6.42 Å². The molecule has 0 spiro atoms. The van der Waals surface area contributed by atoms with Crippen LogP contribution in [0.15, 0.2) is 36.5 Å². The molecule has 3 rings (SSSR count). The monoisotopic (exact) mass is 583 g/mol. The Bertz CT molecular complexity index is 1610. The molecule has 0 fully saturated rings. The van der Waals surface area contributed by atoms with Crippen molar-refractivity contribution < 1.29 is 30.8 Å². The van der Waals surface area contributed by atoms with Gasteiger partial charge in [-0.2, -0.15) is 18.4 Å². The topological polar surface area (TPSA) is 126 Å². The van der Waals surface area contributed by atoms with Gasteiger partial charge in [-0.1, -0.05) is 5.92 Å². The van der Waals surface area contributed by atoms with Gasteiger partial charge in [-0.05, 0) is 65.5 Å². The summed E-state index contributed by atoms with van der Waals surface area (Å²) in [6.45, 7) is 0. The first-order valence-electron chi connectivity index (χ1n) is 11.0. The Morgan fingerprint density at radius 1 is 1.00 bits per heavy atom. The minimum Gasteiger partial charge on any atom is -0.366 e. The second-order valence-electron chi connectivity index (χ2n) is 8.95. The van der Waals surface area contributed by atoms with E-state index in [1.807, 2.05) is 28.2 Å². The third-order valence-electron chi connectivity index (χ3n) is 5.13. The smallest absolute Gasteiger partial charge is 0.300 e. The fourth-order valence-electron chi connectivity index (χ4n) is 3.24. The molecule has 2 aromatic carbocycles. The molecular formula is C25H25F4N5O3S2. The van der Waals surface area contributed by atoms with Gasteiger partial charge in [0, 0.05) is 25.2 Å². The number of pyridine rings is 1. The SMILES string of the molecule is CNS(=O)(=O)Nc1nccc(Cc2cc(C(N)=O)c(Nc3ccc(C#CS(C)(C)C)cc3F)c(F)c2F)c1F. The van der Waals surface area contributed by atoms with E-state index in [1.54, 1.807) is 0 Å². The molecule has 208 valence electrons. The average molecular weight is 584 g/mol. The highest BCUT2D eigenvalue weighted by atomic mass is 32.3. The highest BCUT2D eigenvalue weighted by Crippen LogP contribution is 2.33. The Labute approximate surface area is 224 Å². The van der Waals surface area contributed by atoms with E-state index in [1.165, 1.54) is 12.1 Å². The van der Waals surface area contributed by atoms with Gasteiger partial charge in [0.1, 0.15) is 5.82 Å². The lowest BCUT2D eigenvalue weighted by Gasteiger charge is -2.16. The number of anilines is 3. The van der Waals surface area contributed by atoms with E-state index < -0.39 is 78.5 Å². The van der Waals surface area contributed by atoms with Crippen LogP contribution in [0.2, 0.25) is 0 Å². The van der Waals surface area contributed by atoms with Crippen LogP contribution in [-0.4, -0.2) is 45.1 Å². The summed E-state index contributed by atoms with van der Waals surface area (Å²) in [4.78, 5) is 15.7. The van der Waals surface area contributed by atoms with E-state index in [2.05, 4.69) is 21.5 Å². The molecule has 0 radical (unpaired) electrons. The first-order valence-corrected chi connectivity index (χ1v) is 15.4. The summed E-state index contributed by atoms with van der Waals surface area (Å²) in [6, 6.07) is 5.88. The number of nitrogens with one attached hydrogen (secondary N) is 3. The summed E-state index contributed by atoms with van der Waals surface area (Å²) in [5, 5.41) is 5.40. The number of benzene rings is 2.